The van der Waals surface area contributed by atoms with Crippen molar-refractivity contribution in [2.45, 2.75) is 24.0 Å². The van der Waals surface area contributed by atoms with Gasteiger partial charge < -0.3 is 5.32 Å². The van der Waals surface area contributed by atoms with E-state index >= 15 is 0 Å². The Morgan fingerprint density at radius 3 is 2.75 bits per heavy atom. The lowest BCUT2D eigenvalue weighted by atomic mass is 9.84. The highest BCUT2D eigenvalue weighted by Crippen LogP contribution is 2.42. The first-order valence-corrected chi connectivity index (χ1v) is 7.86. The van der Waals surface area contributed by atoms with Crippen LogP contribution in [-0.2, 0) is 0 Å². The molecule has 108 valence electrons. The number of nitrogens with zero attached hydrogens (tertiary/aromatic N) is 1. The van der Waals surface area contributed by atoms with Crippen LogP contribution in [0.4, 0.5) is 5.69 Å². The van der Waals surface area contributed by atoms with Crippen molar-refractivity contribution in [3.8, 4) is 0 Å². The predicted molar refractivity (Wildman–Crippen MR) is 80.5 cm³/mol. The van der Waals surface area contributed by atoms with E-state index in [-0.39, 0.29) is 21.0 Å². The van der Waals surface area contributed by atoms with E-state index in [4.69, 9.17) is 11.6 Å². The lowest BCUT2D eigenvalue weighted by Gasteiger charge is -2.40. The molecule has 2 rings (SSSR count). The summed E-state index contributed by atoms with van der Waals surface area (Å²) in [6.07, 6.45) is 5.30. The van der Waals surface area contributed by atoms with Gasteiger partial charge in [0.25, 0.3) is 5.91 Å². The number of nitro groups is 1. The molecule has 5 nitrogen and oxygen atoms in total. The zero-order valence-corrected chi connectivity index (χ0v) is 12.6. The van der Waals surface area contributed by atoms with Gasteiger partial charge in [0.15, 0.2) is 0 Å². The molecule has 0 unspecified atom stereocenters. The van der Waals surface area contributed by atoms with Gasteiger partial charge >= 0.3 is 5.69 Å². The Morgan fingerprint density at radius 1 is 1.55 bits per heavy atom. The number of benzene rings is 1. The molecule has 1 saturated carbocycles. The van der Waals surface area contributed by atoms with Crippen LogP contribution in [0, 0.1) is 10.1 Å². The van der Waals surface area contributed by atoms with Crippen LogP contribution in [0.25, 0.3) is 0 Å². The number of thioether (sulfide) groups is 1. The Kier molecular flexibility index (Phi) is 4.55. The van der Waals surface area contributed by atoms with E-state index in [1.807, 2.05) is 6.26 Å². The molecule has 1 amide bonds. The average molecular weight is 315 g/mol. The van der Waals surface area contributed by atoms with Gasteiger partial charge in [0.2, 0.25) is 0 Å². The van der Waals surface area contributed by atoms with Crippen LogP contribution in [0.3, 0.4) is 0 Å². The molecule has 1 aliphatic carbocycles. The highest BCUT2D eigenvalue weighted by molar-refractivity contribution is 8.00. The highest BCUT2D eigenvalue weighted by Gasteiger charge is 2.36. The Hall–Kier alpha value is -1.27. The van der Waals surface area contributed by atoms with Crippen molar-refractivity contribution in [3.63, 3.8) is 0 Å². The maximum atomic E-state index is 12.1. The Morgan fingerprint density at radius 2 is 2.25 bits per heavy atom. The fraction of sp³-hybridized carbons (Fsp3) is 0.462. The van der Waals surface area contributed by atoms with E-state index < -0.39 is 10.8 Å². The molecule has 1 aliphatic rings. The second-order valence-electron chi connectivity index (χ2n) is 4.82. The minimum atomic E-state index is -0.620. The average Bonchev–Trinajstić information content (AvgIpc) is 2.37. The molecule has 7 heteroatoms. The molecular formula is C13H15ClN2O3S. The maximum absolute atomic E-state index is 12.1. The van der Waals surface area contributed by atoms with Gasteiger partial charge in [0.05, 0.1) is 4.92 Å². The third kappa shape index (κ3) is 2.91. The molecule has 0 heterocycles. The number of nitro benzene ring substituents is 1. The molecule has 1 aromatic rings. The first kappa shape index (κ1) is 15.1. The molecule has 1 fully saturated rings. The lowest BCUT2D eigenvalue weighted by molar-refractivity contribution is -0.385. The van der Waals surface area contributed by atoms with Gasteiger partial charge in [0, 0.05) is 11.3 Å². The van der Waals surface area contributed by atoms with E-state index in [9.17, 15) is 14.9 Å². The molecule has 0 radical (unpaired) electrons. The van der Waals surface area contributed by atoms with Crippen molar-refractivity contribution >= 4 is 35.0 Å². The van der Waals surface area contributed by atoms with Crippen molar-refractivity contribution in [2.75, 3.05) is 12.8 Å². The summed E-state index contributed by atoms with van der Waals surface area (Å²) in [5.41, 5.74) is -0.323. The largest absolute Gasteiger partial charge is 0.350 e. The van der Waals surface area contributed by atoms with Gasteiger partial charge in [0.1, 0.15) is 10.6 Å². The molecule has 0 saturated heterocycles. The standard InChI is InChI=1S/C13H15ClN2O3S/c1-20-13(6-3-7-13)8-15-12(17)9-4-2-5-10(14)11(9)16(18)19/h2,4-5H,3,6-8H2,1H3,(H,15,17). The number of rotatable bonds is 5. The Balaban J connectivity index is 2.13. The molecule has 0 bridgehead atoms. The number of hydrogen-bond donors (Lipinski definition) is 1. The van der Waals surface area contributed by atoms with Gasteiger partial charge in [-0.1, -0.05) is 24.1 Å². The third-order valence-electron chi connectivity index (χ3n) is 3.68. The van der Waals surface area contributed by atoms with Crippen molar-refractivity contribution in [1.29, 1.82) is 0 Å². The van der Waals surface area contributed by atoms with Crippen LogP contribution < -0.4 is 5.32 Å². The Labute approximate surface area is 126 Å². The summed E-state index contributed by atoms with van der Waals surface area (Å²) in [4.78, 5) is 22.5. The minimum absolute atomic E-state index is 0.0121. The van der Waals surface area contributed by atoms with Gasteiger partial charge in [-0.15, -0.1) is 0 Å². The van der Waals surface area contributed by atoms with Crippen LogP contribution in [0.5, 0.6) is 0 Å². The summed E-state index contributed by atoms with van der Waals surface area (Å²) in [5.74, 6) is -0.445. The zero-order valence-electron chi connectivity index (χ0n) is 11.0. The second-order valence-corrected chi connectivity index (χ2v) is 6.50. The van der Waals surface area contributed by atoms with E-state index in [0.717, 1.165) is 19.3 Å². The third-order valence-corrected chi connectivity index (χ3v) is 5.41. The van der Waals surface area contributed by atoms with Crippen LogP contribution in [0.15, 0.2) is 18.2 Å². The quantitative estimate of drug-likeness (QED) is 0.669. The fourth-order valence-corrected chi connectivity index (χ4v) is 3.40. The minimum Gasteiger partial charge on any atom is -0.350 e. The maximum Gasteiger partial charge on any atom is 0.300 e. The number of carbonyl (C=O) groups is 1. The molecule has 20 heavy (non-hydrogen) atoms. The van der Waals surface area contributed by atoms with Crippen molar-refractivity contribution in [2.24, 2.45) is 0 Å². The van der Waals surface area contributed by atoms with Crippen molar-refractivity contribution in [1.82, 2.24) is 5.32 Å². The smallest absolute Gasteiger partial charge is 0.300 e. The van der Waals surface area contributed by atoms with Crippen molar-refractivity contribution < 1.29 is 9.72 Å². The van der Waals surface area contributed by atoms with E-state index in [0.29, 0.717) is 6.54 Å². The number of halogens is 1. The molecule has 0 spiro atoms. The fourth-order valence-electron chi connectivity index (χ4n) is 2.24. The Bertz CT molecular complexity index is 541. The number of nitrogens with one attached hydrogen (secondary N) is 1. The predicted octanol–water partition coefficient (Wildman–Crippen LogP) is 3.26. The second kappa shape index (κ2) is 6.01. The summed E-state index contributed by atoms with van der Waals surface area (Å²) in [6.45, 7) is 0.524. The number of carbonyl (C=O) groups excluding carboxylic acids is 1. The SMILES string of the molecule is CSC1(CNC(=O)c2cccc(Cl)c2[N+](=O)[O-])CCC1. The molecule has 1 aromatic carbocycles. The highest BCUT2D eigenvalue weighted by atomic mass is 35.5. The van der Waals surface area contributed by atoms with Gasteiger partial charge in [-0.2, -0.15) is 11.8 Å². The number of hydrogen-bond acceptors (Lipinski definition) is 4. The monoisotopic (exact) mass is 314 g/mol. The van der Waals surface area contributed by atoms with Crippen LogP contribution >= 0.6 is 23.4 Å². The number of amides is 1. The van der Waals surface area contributed by atoms with Gasteiger partial charge in [-0.3, -0.25) is 14.9 Å². The molecule has 0 atom stereocenters. The number of para-hydroxylation sites is 1. The molecule has 0 aliphatic heterocycles. The van der Waals surface area contributed by atoms with E-state index in [1.54, 1.807) is 11.8 Å². The lowest BCUT2D eigenvalue weighted by Crippen LogP contribution is -2.45. The van der Waals surface area contributed by atoms with Gasteiger partial charge in [-0.25, -0.2) is 0 Å². The van der Waals surface area contributed by atoms with Crippen molar-refractivity contribution in [3.05, 3.63) is 38.9 Å². The van der Waals surface area contributed by atoms with Gasteiger partial charge in [-0.05, 0) is 31.2 Å². The van der Waals surface area contributed by atoms with Crippen LogP contribution in [0.2, 0.25) is 5.02 Å². The molecule has 1 N–H and O–H groups in total. The molecular weight excluding hydrogens is 300 g/mol. The zero-order chi connectivity index (χ0) is 14.8. The summed E-state index contributed by atoms with van der Waals surface area (Å²) in [6, 6.07) is 4.37. The van der Waals surface area contributed by atoms with E-state index in [1.165, 1.54) is 18.2 Å². The summed E-state index contributed by atoms with van der Waals surface area (Å²) in [5, 5.41) is 13.8. The summed E-state index contributed by atoms with van der Waals surface area (Å²) < 4.78 is 0.0863. The van der Waals surface area contributed by atoms with Crippen LogP contribution in [-0.4, -0.2) is 28.4 Å². The summed E-state index contributed by atoms with van der Waals surface area (Å²) >= 11 is 7.53. The topological polar surface area (TPSA) is 72.2 Å². The van der Waals surface area contributed by atoms with Crippen LogP contribution in [0.1, 0.15) is 29.6 Å². The van der Waals surface area contributed by atoms with E-state index in [2.05, 4.69) is 5.32 Å². The molecule has 0 aromatic heterocycles. The first-order chi connectivity index (χ1) is 9.49. The normalized spacial score (nSPS) is 16.3. The summed E-state index contributed by atoms with van der Waals surface area (Å²) in [7, 11) is 0. The first-order valence-electron chi connectivity index (χ1n) is 6.25.